The highest BCUT2D eigenvalue weighted by molar-refractivity contribution is 7.99. The minimum atomic E-state index is 0.419. The van der Waals surface area contributed by atoms with Crippen molar-refractivity contribution < 1.29 is 0 Å². The molecule has 0 aliphatic carbocycles. The summed E-state index contributed by atoms with van der Waals surface area (Å²) in [5.41, 5.74) is 6.46. The number of anilines is 1. The van der Waals surface area contributed by atoms with Gasteiger partial charge in [0.25, 0.3) is 0 Å². The molecule has 0 saturated carbocycles. The Morgan fingerprint density at radius 2 is 2.47 bits per heavy atom. The molecule has 2 heterocycles. The molecular formula is C12H17N3S2. The predicted molar refractivity (Wildman–Crippen MR) is 78.7 cm³/mol. The average molecular weight is 267 g/mol. The molecule has 92 valence electrons. The Balaban J connectivity index is 1.89. The van der Waals surface area contributed by atoms with Crippen LogP contribution in [-0.2, 0) is 0 Å². The summed E-state index contributed by atoms with van der Waals surface area (Å²) in [5, 5.41) is 4.07. The summed E-state index contributed by atoms with van der Waals surface area (Å²) in [7, 11) is 0. The fourth-order valence-corrected chi connectivity index (χ4v) is 3.23. The first kappa shape index (κ1) is 12.6. The van der Waals surface area contributed by atoms with E-state index < -0.39 is 0 Å². The lowest BCUT2D eigenvalue weighted by molar-refractivity contribution is 0.677. The Morgan fingerprint density at radius 1 is 1.59 bits per heavy atom. The third kappa shape index (κ3) is 3.85. The van der Waals surface area contributed by atoms with Gasteiger partial charge < -0.3 is 11.1 Å². The maximum Gasteiger partial charge on any atom is 0.126 e. The molecule has 1 aromatic rings. The van der Waals surface area contributed by atoms with Crippen LogP contribution >= 0.6 is 24.0 Å². The van der Waals surface area contributed by atoms with Crippen LogP contribution in [0.15, 0.2) is 18.3 Å². The van der Waals surface area contributed by atoms with Crippen molar-refractivity contribution in [2.75, 3.05) is 17.6 Å². The monoisotopic (exact) mass is 267 g/mol. The molecule has 1 aliphatic rings. The van der Waals surface area contributed by atoms with E-state index in [0.29, 0.717) is 10.2 Å². The molecule has 1 unspecified atom stereocenters. The van der Waals surface area contributed by atoms with Gasteiger partial charge >= 0.3 is 0 Å². The van der Waals surface area contributed by atoms with Crippen molar-refractivity contribution in [3.8, 4) is 0 Å². The zero-order valence-corrected chi connectivity index (χ0v) is 11.3. The fraction of sp³-hybridized carbons (Fsp3) is 0.500. The molecule has 1 atom stereocenters. The minimum absolute atomic E-state index is 0.419. The van der Waals surface area contributed by atoms with Crippen LogP contribution in [0.2, 0.25) is 0 Å². The Kier molecular flexibility index (Phi) is 4.62. The average Bonchev–Trinajstić information content (AvgIpc) is 2.38. The maximum absolute atomic E-state index is 5.59. The summed E-state index contributed by atoms with van der Waals surface area (Å²) in [4.78, 5) is 4.69. The number of hydrogen-bond donors (Lipinski definition) is 2. The van der Waals surface area contributed by atoms with Gasteiger partial charge in [0.15, 0.2) is 0 Å². The summed E-state index contributed by atoms with van der Waals surface area (Å²) < 4.78 is 0. The van der Waals surface area contributed by atoms with Crippen molar-refractivity contribution in [3.63, 3.8) is 0 Å². The van der Waals surface area contributed by atoms with Crippen molar-refractivity contribution >= 4 is 34.8 Å². The Morgan fingerprint density at radius 3 is 3.18 bits per heavy atom. The number of nitrogens with two attached hydrogens (primary N) is 1. The molecule has 1 fully saturated rings. The summed E-state index contributed by atoms with van der Waals surface area (Å²) in [5.74, 6) is 2.15. The van der Waals surface area contributed by atoms with Crippen molar-refractivity contribution in [3.05, 3.63) is 23.9 Å². The molecule has 0 spiro atoms. The van der Waals surface area contributed by atoms with Gasteiger partial charge in [-0.25, -0.2) is 4.98 Å². The van der Waals surface area contributed by atoms with E-state index in [1.807, 2.05) is 12.1 Å². The van der Waals surface area contributed by atoms with E-state index in [2.05, 4.69) is 22.1 Å². The van der Waals surface area contributed by atoms with Crippen molar-refractivity contribution in [2.45, 2.75) is 24.5 Å². The van der Waals surface area contributed by atoms with Gasteiger partial charge in [0.05, 0.1) is 0 Å². The number of nitrogens with one attached hydrogen (secondary N) is 1. The van der Waals surface area contributed by atoms with Crippen LogP contribution in [0.25, 0.3) is 0 Å². The van der Waals surface area contributed by atoms with Crippen LogP contribution in [0, 0.1) is 0 Å². The summed E-state index contributed by atoms with van der Waals surface area (Å²) in [6, 6.07) is 3.75. The van der Waals surface area contributed by atoms with Crippen LogP contribution in [-0.4, -0.2) is 27.5 Å². The van der Waals surface area contributed by atoms with Crippen LogP contribution < -0.4 is 11.1 Å². The molecule has 3 N–H and O–H groups in total. The summed E-state index contributed by atoms with van der Waals surface area (Å²) in [6.45, 7) is 0.971. The topological polar surface area (TPSA) is 50.9 Å². The second-order valence-corrected chi connectivity index (χ2v) is 6.01. The van der Waals surface area contributed by atoms with Gasteiger partial charge in [-0.3, -0.25) is 0 Å². The van der Waals surface area contributed by atoms with E-state index in [1.54, 1.807) is 6.20 Å². The van der Waals surface area contributed by atoms with Crippen LogP contribution in [0.3, 0.4) is 0 Å². The number of pyridine rings is 1. The van der Waals surface area contributed by atoms with Crippen molar-refractivity contribution in [1.29, 1.82) is 0 Å². The second-order valence-electron chi connectivity index (χ2n) is 4.16. The van der Waals surface area contributed by atoms with Crippen LogP contribution in [0.1, 0.15) is 24.8 Å². The highest BCUT2D eigenvalue weighted by Gasteiger charge is 2.13. The van der Waals surface area contributed by atoms with E-state index in [-0.39, 0.29) is 0 Å². The Labute approximate surface area is 112 Å². The molecule has 0 amide bonds. The van der Waals surface area contributed by atoms with E-state index in [0.717, 1.165) is 17.9 Å². The molecule has 3 nitrogen and oxygen atoms in total. The van der Waals surface area contributed by atoms with Crippen LogP contribution in [0.5, 0.6) is 0 Å². The lowest BCUT2D eigenvalue weighted by atomic mass is 10.2. The van der Waals surface area contributed by atoms with E-state index in [9.17, 15) is 0 Å². The highest BCUT2D eigenvalue weighted by Crippen LogP contribution is 2.25. The normalized spacial score (nSPS) is 19.9. The first-order chi connectivity index (χ1) is 8.25. The van der Waals surface area contributed by atoms with Gasteiger partial charge in [-0.05, 0) is 30.7 Å². The third-order valence-electron chi connectivity index (χ3n) is 2.83. The van der Waals surface area contributed by atoms with E-state index >= 15 is 0 Å². The summed E-state index contributed by atoms with van der Waals surface area (Å²) >= 11 is 7.00. The molecule has 2 rings (SSSR count). The van der Waals surface area contributed by atoms with Gasteiger partial charge in [0.2, 0.25) is 0 Å². The minimum Gasteiger partial charge on any atom is -0.389 e. The number of nitrogens with zero attached hydrogens (tertiary/aromatic N) is 1. The molecule has 17 heavy (non-hydrogen) atoms. The maximum atomic E-state index is 5.59. The third-order valence-corrected chi connectivity index (χ3v) is 4.46. The lowest BCUT2D eigenvalue weighted by Gasteiger charge is -2.21. The predicted octanol–water partition coefficient (Wildman–Crippen LogP) is 2.41. The zero-order chi connectivity index (χ0) is 12.1. The molecule has 1 aliphatic heterocycles. The number of rotatable bonds is 4. The molecule has 5 heteroatoms. The zero-order valence-electron chi connectivity index (χ0n) is 9.69. The van der Waals surface area contributed by atoms with Crippen molar-refractivity contribution in [1.82, 2.24) is 4.98 Å². The molecule has 1 saturated heterocycles. The summed E-state index contributed by atoms with van der Waals surface area (Å²) in [6.07, 6.45) is 5.74. The molecular weight excluding hydrogens is 250 g/mol. The molecule has 1 aromatic heterocycles. The van der Waals surface area contributed by atoms with Crippen LogP contribution in [0.4, 0.5) is 5.82 Å². The van der Waals surface area contributed by atoms with Gasteiger partial charge in [0.1, 0.15) is 10.8 Å². The highest BCUT2D eigenvalue weighted by atomic mass is 32.2. The fourth-order valence-electron chi connectivity index (χ4n) is 1.87. The second kappa shape index (κ2) is 6.21. The number of hydrogen-bond acceptors (Lipinski definition) is 4. The molecule has 0 bridgehead atoms. The number of thioether (sulfide) groups is 1. The lowest BCUT2D eigenvalue weighted by Crippen LogP contribution is -2.20. The van der Waals surface area contributed by atoms with E-state index in [4.69, 9.17) is 18.0 Å². The largest absolute Gasteiger partial charge is 0.389 e. The quantitative estimate of drug-likeness (QED) is 0.821. The number of aromatic nitrogens is 1. The molecule has 0 aromatic carbocycles. The van der Waals surface area contributed by atoms with E-state index in [1.165, 1.54) is 25.0 Å². The van der Waals surface area contributed by atoms with Gasteiger partial charge in [-0.1, -0.05) is 18.6 Å². The van der Waals surface area contributed by atoms with Gasteiger partial charge in [-0.15, -0.1) is 0 Å². The first-order valence-electron chi connectivity index (χ1n) is 5.87. The Hall–Kier alpha value is -0.810. The first-order valence-corrected chi connectivity index (χ1v) is 7.33. The smallest absolute Gasteiger partial charge is 0.126 e. The SMILES string of the molecule is NC(=S)c1ccnc(NCC2CCCCS2)c1. The standard InChI is InChI=1S/C12H17N3S2/c13-12(16)9-4-5-14-11(7-9)15-8-10-3-1-2-6-17-10/h4-5,7,10H,1-3,6,8H2,(H2,13,16)(H,14,15). The van der Waals surface area contributed by atoms with Crippen molar-refractivity contribution in [2.24, 2.45) is 5.73 Å². The van der Waals surface area contributed by atoms with Gasteiger partial charge in [-0.2, -0.15) is 11.8 Å². The molecule has 0 radical (unpaired) electrons. The van der Waals surface area contributed by atoms with Gasteiger partial charge in [0, 0.05) is 23.6 Å². The Bertz CT molecular complexity index is 389. The number of thiocarbonyl (C=S) groups is 1.